The number of amides is 2. The number of para-hydroxylation sites is 1. The number of benzene rings is 3. The number of fused-ring (bicyclic) bond motifs is 1. The first-order valence-electron chi connectivity index (χ1n) is 11.5. The number of rotatable bonds is 5. The lowest BCUT2D eigenvalue weighted by Crippen LogP contribution is -2.53. The largest absolute Gasteiger partial charge is 0.480 e. The summed E-state index contributed by atoms with van der Waals surface area (Å²) in [6.45, 7) is 3.09. The Bertz CT molecular complexity index is 1370. The van der Waals surface area contributed by atoms with E-state index in [9.17, 15) is 24.3 Å². The Morgan fingerprint density at radius 1 is 0.917 bits per heavy atom. The van der Waals surface area contributed by atoms with E-state index in [0.717, 1.165) is 10.5 Å². The zero-order valence-electron chi connectivity index (χ0n) is 19.7. The molecular weight excluding hydrogens is 460 g/mol. The number of esters is 1. The number of nitrogens with one attached hydrogen (secondary N) is 1. The Morgan fingerprint density at radius 2 is 1.56 bits per heavy atom. The first-order valence-corrected chi connectivity index (χ1v) is 11.5. The predicted octanol–water partition coefficient (Wildman–Crippen LogP) is 3.35. The number of hydrogen-bond acceptors (Lipinski definition) is 6. The minimum atomic E-state index is -1.82. The quantitative estimate of drug-likeness (QED) is 0.324. The van der Waals surface area contributed by atoms with Crippen molar-refractivity contribution in [3.63, 3.8) is 0 Å². The number of carboxylic acid groups (broad SMARTS) is 1. The minimum Gasteiger partial charge on any atom is -0.480 e. The van der Waals surface area contributed by atoms with Crippen molar-refractivity contribution in [1.82, 2.24) is 5.32 Å². The molecule has 2 amide bonds. The van der Waals surface area contributed by atoms with Gasteiger partial charge in [-0.05, 0) is 41.8 Å². The average molecular weight is 485 g/mol. The van der Waals surface area contributed by atoms with Gasteiger partial charge in [0.1, 0.15) is 5.75 Å². The topological polar surface area (TPSA) is 113 Å². The molecule has 4 atom stereocenters. The number of ether oxygens (including phenoxy) is 1. The standard InChI is InChI=1S/C28H24N2O6/c1-16-8-6-7-11-21(16)30-25(32)22-23(26(30)33)28(27(34)35,19-9-4-3-5-10-19)29-24(22)18-12-14-20(15-13-18)36-17(2)31/h3-15,22-24,29H,1-2H3,(H,34,35). The van der Waals surface area contributed by atoms with Crippen LogP contribution in [0.5, 0.6) is 5.75 Å². The maximum atomic E-state index is 13.9. The van der Waals surface area contributed by atoms with Crippen LogP contribution in [0.4, 0.5) is 5.69 Å². The molecule has 2 fully saturated rings. The highest BCUT2D eigenvalue weighted by Crippen LogP contribution is 2.54. The van der Waals surface area contributed by atoms with Crippen LogP contribution in [0, 0.1) is 18.8 Å². The molecule has 8 heteroatoms. The fourth-order valence-corrected chi connectivity index (χ4v) is 5.44. The smallest absolute Gasteiger partial charge is 0.329 e. The van der Waals surface area contributed by atoms with E-state index < -0.39 is 47.2 Å². The summed E-state index contributed by atoms with van der Waals surface area (Å²) in [6, 6.07) is 21.2. The van der Waals surface area contributed by atoms with Crippen molar-refractivity contribution < 1.29 is 29.0 Å². The van der Waals surface area contributed by atoms with Crippen molar-refractivity contribution in [2.45, 2.75) is 25.4 Å². The van der Waals surface area contributed by atoms with Gasteiger partial charge in [0.05, 0.1) is 17.5 Å². The van der Waals surface area contributed by atoms with Gasteiger partial charge >= 0.3 is 11.9 Å². The third-order valence-electron chi connectivity index (χ3n) is 6.98. The molecule has 2 aliphatic rings. The Hall–Kier alpha value is -4.30. The van der Waals surface area contributed by atoms with Gasteiger partial charge in [-0.25, -0.2) is 9.69 Å². The summed E-state index contributed by atoms with van der Waals surface area (Å²) in [5.74, 6) is -4.55. The Morgan fingerprint density at radius 3 is 2.17 bits per heavy atom. The molecular formula is C28H24N2O6. The van der Waals surface area contributed by atoms with Crippen LogP contribution in [0.15, 0.2) is 78.9 Å². The molecule has 4 unspecified atom stereocenters. The molecule has 0 saturated carbocycles. The van der Waals surface area contributed by atoms with Gasteiger partial charge in [-0.2, -0.15) is 0 Å². The molecule has 0 spiro atoms. The monoisotopic (exact) mass is 484 g/mol. The van der Waals surface area contributed by atoms with Gasteiger partial charge in [0.25, 0.3) is 0 Å². The summed E-state index contributed by atoms with van der Waals surface area (Å²) in [5.41, 5.74) is 0.343. The van der Waals surface area contributed by atoms with Gasteiger partial charge < -0.3 is 9.84 Å². The first-order chi connectivity index (χ1) is 17.3. The number of imide groups is 1. The van der Waals surface area contributed by atoms with Crippen LogP contribution < -0.4 is 15.0 Å². The van der Waals surface area contributed by atoms with Crippen molar-refractivity contribution in [3.8, 4) is 5.75 Å². The van der Waals surface area contributed by atoms with Gasteiger partial charge in [-0.1, -0.05) is 60.7 Å². The third-order valence-corrected chi connectivity index (χ3v) is 6.98. The van der Waals surface area contributed by atoms with E-state index in [1.165, 1.54) is 6.92 Å². The summed E-state index contributed by atoms with van der Waals surface area (Å²) >= 11 is 0. The normalized spacial score (nSPS) is 25.1. The second-order valence-electron chi connectivity index (χ2n) is 9.07. The number of carbonyl (C=O) groups excluding carboxylic acids is 3. The number of aliphatic carboxylic acids is 1. The molecule has 3 aromatic rings. The molecule has 3 aromatic carbocycles. The van der Waals surface area contributed by atoms with Gasteiger partial charge in [-0.3, -0.25) is 19.7 Å². The molecule has 2 N–H and O–H groups in total. The molecule has 2 heterocycles. The Labute approximate surface area is 207 Å². The highest BCUT2D eigenvalue weighted by molar-refractivity contribution is 6.24. The molecule has 2 saturated heterocycles. The number of carboxylic acids is 1. The van der Waals surface area contributed by atoms with E-state index >= 15 is 0 Å². The van der Waals surface area contributed by atoms with Crippen LogP contribution in [0.2, 0.25) is 0 Å². The Kier molecular flexibility index (Phi) is 5.68. The molecule has 182 valence electrons. The molecule has 0 radical (unpaired) electrons. The second kappa shape index (κ2) is 8.73. The van der Waals surface area contributed by atoms with Gasteiger partial charge in [-0.15, -0.1) is 0 Å². The second-order valence-corrected chi connectivity index (χ2v) is 9.07. The molecule has 5 rings (SSSR count). The van der Waals surface area contributed by atoms with E-state index in [1.54, 1.807) is 79.7 Å². The van der Waals surface area contributed by atoms with E-state index in [1.807, 2.05) is 6.07 Å². The van der Waals surface area contributed by atoms with Crippen LogP contribution in [-0.2, 0) is 24.7 Å². The summed E-state index contributed by atoms with van der Waals surface area (Å²) in [5, 5.41) is 13.8. The van der Waals surface area contributed by atoms with Crippen LogP contribution in [0.3, 0.4) is 0 Å². The lowest BCUT2D eigenvalue weighted by atomic mass is 9.75. The van der Waals surface area contributed by atoms with Crippen molar-refractivity contribution in [2.75, 3.05) is 4.90 Å². The SMILES string of the molecule is CC(=O)Oc1ccc(C2NC(C(=O)O)(c3ccccc3)C3C(=O)N(c4ccccc4C)C(=O)C23)cc1. The summed E-state index contributed by atoms with van der Waals surface area (Å²) in [7, 11) is 0. The highest BCUT2D eigenvalue weighted by atomic mass is 16.5. The van der Waals surface area contributed by atoms with Crippen molar-refractivity contribution in [2.24, 2.45) is 11.8 Å². The van der Waals surface area contributed by atoms with Gasteiger partial charge in [0.15, 0.2) is 5.54 Å². The molecule has 2 aliphatic heterocycles. The van der Waals surface area contributed by atoms with Crippen LogP contribution in [0.1, 0.15) is 29.7 Å². The van der Waals surface area contributed by atoms with E-state index in [-0.39, 0.29) is 0 Å². The summed E-state index contributed by atoms with van der Waals surface area (Å²) in [6.07, 6.45) is 0. The van der Waals surface area contributed by atoms with Gasteiger partial charge in [0.2, 0.25) is 11.8 Å². The zero-order chi connectivity index (χ0) is 25.6. The van der Waals surface area contributed by atoms with Crippen molar-refractivity contribution in [1.29, 1.82) is 0 Å². The number of hydrogen-bond donors (Lipinski definition) is 2. The van der Waals surface area contributed by atoms with E-state index in [4.69, 9.17) is 4.74 Å². The molecule has 0 aromatic heterocycles. The lowest BCUT2D eigenvalue weighted by molar-refractivity contribution is -0.149. The summed E-state index contributed by atoms with van der Waals surface area (Å²) < 4.78 is 5.11. The fraction of sp³-hybridized carbons (Fsp3) is 0.214. The van der Waals surface area contributed by atoms with E-state index in [0.29, 0.717) is 22.6 Å². The highest BCUT2D eigenvalue weighted by Gasteiger charge is 2.69. The predicted molar refractivity (Wildman–Crippen MR) is 130 cm³/mol. The molecule has 8 nitrogen and oxygen atoms in total. The van der Waals surface area contributed by atoms with Crippen LogP contribution in [0.25, 0.3) is 0 Å². The molecule has 36 heavy (non-hydrogen) atoms. The molecule has 0 bridgehead atoms. The zero-order valence-corrected chi connectivity index (χ0v) is 19.7. The number of aryl methyl sites for hydroxylation is 1. The number of carbonyl (C=O) groups is 4. The minimum absolute atomic E-state index is 0.323. The third kappa shape index (κ3) is 3.49. The van der Waals surface area contributed by atoms with Crippen molar-refractivity contribution >= 4 is 29.4 Å². The fourth-order valence-electron chi connectivity index (χ4n) is 5.44. The number of nitrogens with zero attached hydrogens (tertiary/aromatic N) is 1. The first kappa shape index (κ1) is 23.4. The summed E-state index contributed by atoms with van der Waals surface area (Å²) in [4.78, 5) is 53.3. The molecule has 0 aliphatic carbocycles. The Balaban J connectivity index is 1.67. The van der Waals surface area contributed by atoms with Crippen LogP contribution in [-0.4, -0.2) is 28.9 Å². The maximum Gasteiger partial charge on any atom is 0.329 e. The number of anilines is 1. The average Bonchev–Trinajstić information content (AvgIpc) is 3.35. The lowest BCUT2D eigenvalue weighted by Gasteiger charge is -2.32. The van der Waals surface area contributed by atoms with E-state index in [2.05, 4.69) is 5.32 Å². The van der Waals surface area contributed by atoms with Crippen LogP contribution >= 0.6 is 0 Å². The van der Waals surface area contributed by atoms with Crippen molar-refractivity contribution in [3.05, 3.63) is 95.6 Å². The maximum absolute atomic E-state index is 13.9. The van der Waals surface area contributed by atoms with Gasteiger partial charge in [0, 0.05) is 13.0 Å².